The minimum atomic E-state index is -0.131. The normalized spacial score (nSPS) is 11.1. The maximum atomic E-state index is 12.1. The van der Waals surface area contributed by atoms with E-state index in [4.69, 9.17) is 16.2 Å². The summed E-state index contributed by atoms with van der Waals surface area (Å²) in [5, 5.41) is 45.2. The number of fused-ring (bicyclic) bond motifs is 2. The van der Waals surface area contributed by atoms with Crippen molar-refractivity contribution in [1.82, 2.24) is 5.32 Å². The summed E-state index contributed by atoms with van der Waals surface area (Å²) in [4.78, 5) is 12.1. The van der Waals surface area contributed by atoms with Crippen LogP contribution in [0.4, 0.5) is 11.4 Å². The number of benzene rings is 4. The van der Waals surface area contributed by atoms with Gasteiger partial charge in [0.25, 0.3) is 0 Å². The average Bonchev–Trinajstić information content (AvgIpc) is 2.88. The molecule has 0 heterocycles. The molecule has 0 radical (unpaired) electrons. The number of anilines is 2. The summed E-state index contributed by atoms with van der Waals surface area (Å²) in [6, 6.07) is 12.7. The standard InChI is InChI=1S/C28H31N3O6/c29-20-15-22(26(30)25-24(20)27(35)18-6-2-3-7-19(18)28(25)36)37-13-5-1-4-12-31-23(34)11-8-16-14-17(32)9-10-21(16)33/h2-3,6-7,9-10,14-15,32-33,35-36H,1,4-5,8,11-13,29-30H2,(H,31,34). The Morgan fingerprint density at radius 3 is 2.30 bits per heavy atom. The van der Waals surface area contributed by atoms with Gasteiger partial charge in [-0.15, -0.1) is 0 Å². The van der Waals surface area contributed by atoms with E-state index >= 15 is 0 Å². The van der Waals surface area contributed by atoms with E-state index in [2.05, 4.69) is 5.32 Å². The molecule has 0 fully saturated rings. The third-order valence-electron chi connectivity index (χ3n) is 6.36. The summed E-state index contributed by atoms with van der Waals surface area (Å²) in [6.45, 7) is 0.871. The summed E-state index contributed by atoms with van der Waals surface area (Å²) in [5.74, 6) is 0.201. The lowest BCUT2D eigenvalue weighted by molar-refractivity contribution is -0.121. The van der Waals surface area contributed by atoms with Crippen LogP contribution in [0, 0.1) is 0 Å². The van der Waals surface area contributed by atoms with Gasteiger partial charge in [-0.3, -0.25) is 4.79 Å². The fourth-order valence-corrected chi connectivity index (χ4v) is 4.40. The maximum absolute atomic E-state index is 12.1. The van der Waals surface area contributed by atoms with E-state index in [-0.39, 0.29) is 57.5 Å². The van der Waals surface area contributed by atoms with Crippen molar-refractivity contribution in [2.24, 2.45) is 0 Å². The highest BCUT2D eigenvalue weighted by atomic mass is 16.5. The van der Waals surface area contributed by atoms with Crippen LogP contribution in [0.5, 0.6) is 28.7 Å². The summed E-state index contributed by atoms with van der Waals surface area (Å²) in [7, 11) is 0. The Hall–Kier alpha value is -4.53. The number of hydrogen-bond acceptors (Lipinski definition) is 8. The number of nitrogens with two attached hydrogens (primary N) is 2. The highest BCUT2D eigenvalue weighted by molar-refractivity contribution is 6.19. The lowest BCUT2D eigenvalue weighted by atomic mass is 9.98. The van der Waals surface area contributed by atoms with E-state index < -0.39 is 0 Å². The molecule has 0 bridgehead atoms. The lowest BCUT2D eigenvalue weighted by Crippen LogP contribution is -2.24. The Balaban J connectivity index is 1.26. The Morgan fingerprint density at radius 2 is 1.57 bits per heavy atom. The number of carbonyl (C=O) groups is 1. The molecular formula is C28H31N3O6. The van der Waals surface area contributed by atoms with Gasteiger partial charge in [-0.25, -0.2) is 0 Å². The van der Waals surface area contributed by atoms with E-state index in [0.29, 0.717) is 48.1 Å². The predicted octanol–water partition coefficient (Wildman–Crippen LogP) is 4.28. The van der Waals surface area contributed by atoms with Crippen molar-refractivity contribution in [1.29, 1.82) is 0 Å². The molecule has 37 heavy (non-hydrogen) atoms. The molecule has 4 rings (SSSR count). The van der Waals surface area contributed by atoms with Crippen molar-refractivity contribution in [3.63, 3.8) is 0 Å². The minimum absolute atomic E-state index is 0.0417. The van der Waals surface area contributed by atoms with E-state index in [0.717, 1.165) is 12.8 Å². The van der Waals surface area contributed by atoms with Gasteiger partial charge in [0.2, 0.25) is 5.91 Å². The van der Waals surface area contributed by atoms with E-state index in [1.165, 1.54) is 18.2 Å². The summed E-state index contributed by atoms with van der Waals surface area (Å²) >= 11 is 0. The van der Waals surface area contributed by atoms with Crippen molar-refractivity contribution in [2.75, 3.05) is 24.6 Å². The van der Waals surface area contributed by atoms with Crippen LogP contribution < -0.4 is 21.5 Å². The van der Waals surface area contributed by atoms with E-state index in [9.17, 15) is 25.2 Å². The zero-order valence-corrected chi connectivity index (χ0v) is 20.3. The SMILES string of the molecule is Nc1cc(OCCCCCNC(=O)CCc2cc(O)ccc2O)c(N)c2c(O)c3ccccc3c(O)c12. The number of aromatic hydroxyl groups is 4. The molecule has 4 aromatic rings. The smallest absolute Gasteiger partial charge is 0.220 e. The molecule has 0 aliphatic rings. The number of nitrogens with one attached hydrogen (secondary N) is 1. The first-order valence-electron chi connectivity index (χ1n) is 12.1. The molecule has 194 valence electrons. The third-order valence-corrected chi connectivity index (χ3v) is 6.36. The maximum Gasteiger partial charge on any atom is 0.220 e. The van der Waals surface area contributed by atoms with Crippen LogP contribution in [0.15, 0.2) is 48.5 Å². The molecule has 0 spiro atoms. The van der Waals surface area contributed by atoms with Gasteiger partial charge in [0, 0.05) is 35.5 Å². The molecule has 0 aromatic heterocycles. The molecule has 0 unspecified atom stereocenters. The number of aryl methyl sites for hydroxylation is 1. The zero-order chi connectivity index (χ0) is 26.5. The van der Waals surface area contributed by atoms with E-state index in [1.54, 1.807) is 30.3 Å². The molecule has 9 N–H and O–H groups in total. The van der Waals surface area contributed by atoms with Crippen LogP contribution in [-0.2, 0) is 11.2 Å². The van der Waals surface area contributed by atoms with Gasteiger partial charge < -0.3 is 41.9 Å². The van der Waals surface area contributed by atoms with Gasteiger partial charge in [-0.2, -0.15) is 0 Å². The Labute approximate surface area is 213 Å². The predicted molar refractivity (Wildman–Crippen MR) is 144 cm³/mol. The monoisotopic (exact) mass is 505 g/mol. The number of rotatable bonds is 10. The molecule has 4 aromatic carbocycles. The quantitative estimate of drug-likeness (QED) is 0.0724. The Kier molecular flexibility index (Phi) is 7.62. The van der Waals surface area contributed by atoms with Gasteiger partial charge in [0.05, 0.1) is 23.1 Å². The second-order valence-electron chi connectivity index (χ2n) is 8.94. The highest BCUT2D eigenvalue weighted by Crippen LogP contribution is 2.48. The summed E-state index contributed by atoms with van der Waals surface area (Å²) in [5.41, 5.74) is 13.5. The van der Waals surface area contributed by atoms with Crippen molar-refractivity contribution < 1.29 is 30.0 Å². The topological polar surface area (TPSA) is 171 Å². The molecular weight excluding hydrogens is 474 g/mol. The number of nitrogen functional groups attached to an aromatic ring is 2. The Bertz CT molecular complexity index is 1450. The van der Waals surface area contributed by atoms with Gasteiger partial charge in [-0.1, -0.05) is 24.3 Å². The minimum Gasteiger partial charge on any atom is -0.508 e. The molecule has 9 nitrogen and oxygen atoms in total. The molecule has 1 amide bonds. The molecule has 0 atom stereocenters. The van der Waals surface area contributed by atoms with Crippen LogP contribution in [0.3, 0.4) is 0 Å². The molecule has 9 heteroatoms. The zero-order valence-electron chi connectivity index (χ0n) is 20.3. The number of phenolic OH excluding ortho intramolecular Hbond substituents is 4. The first-order valence-corrected chi connectivity index (χ1v) is 12.1. The van der Waals surface area contributed by atoms with Crippen molar-refractivity contribution in [3.05, 3.63) is 54.1 Å². The number of hydrogen-bond donors (Lipinski definition) is 7. The van der Waals surface area contributed by atoms with Crippen LogP contribution >= 0.6 is 0 Å². The average molecular weight is 506 g/mol. The van der Waals surface area contributed by atoms with Gasteiger partial charge in [0.1, 0.15) is 28.7 Å². The molecule has 0 saturated carbocycles. The molecule has 0 aliphatic carbocycles. The van der Waals surface area contributed by atoms with Crippen molar-refractivity contribution in [2.45, 2.75) is 32.1 Å². The first kappa shape index (κ1) is 25.6. The van der Waals surface area contributed by atoms with Gasteiger partial charge in [-0.05, 0) is 49.4 Å². The molecule has 0 aliphatic heterocycles. The first-order chi connectivity index (χ1) is 17.8. The number of ether oxygens (including phenoxy) is 1. The van der Waals surface area contributed by atoms with Crippen LogP contribution in [0.1, 0.15) is 31.2 Å². The van der Waals surface area contributed by atoms with Gasteiger partial charge in [0.15, 0.2) is 0 Å². The number of phenols is 4. The summed E-state index contributed by atoms with van der Waals surface area (Å²) in [6.07, 6.45) is 2.80. The largest absolute Gasteiger partial charge is 0.508 e. The fraction of sp³-hybridized carbons (Fsp3) is 0.250. The lowest BCUT2D eigenvalue weighted by Gasteiger charge is -2.17. The van der Waals surface area contributed by atoms with E-state index in [1.807, 2.05) is 0 Å². The Morgan fingerprint density at radius 1 is 0.865 bits per heavy atom. The second-order valence-corrected chi connectivity index (χ2v) is 8.94. The number of carbonyl (C=O) groups excluding carboxylic acids is 1. The third kappa shape index (κ3) is 5.50. The van der Waals surface area contributed by atoms with Crippen molar-refractivity contribution in [3.8, 4) is 28.7 Å². The summed E-state index contributed by atoms with van der Waals surface area (Å²) < 4.78 is 5.84. The fourth-order valence-electron chi connectivity index (χ4n) is 4.40. The highest BCUT2D eigenvalue weighted by Gasteiger charge is 2.20. The van der Waals surface area contributed by atoms with Crippen molar-refractivity contribution >= 4 is 38.8 Å². The number of unbranched alkanes of at least 4 members (excludes halogenated alkanes) is 2. The van der Waals surface area contributed by atoms with Crippen LogP contribution in [0.2, 0.25) is 0 Å². The van der Waals surface area contributed by atoms with Crippen LogP contribution in [0.25, 0.3) is 21.5 Å². The van der Waals surface area contributed by atoms with Crippen LogP contribution in [-0.4, -0.2) is 39.5 Å². The molecule has 0 saturated heterocycles. The van der Waals surface area contributed by atoms with Gasteiger partial charge >= 0.3 is 0 Å². The number of amides is 1. The second kappa shape index (κ2) is 11.0.